The first-order valence-corrected chi connectivity index (χ1v) is 7.27. The van der Waals surface area contributed by atoms with Crippen molar-refractivity contribution in [1.29, 1.82) is 0 Å². The average Bonchev–Trinajstić information content (AvgIpc) is 2.50. The van der Waals surface area contributed by atoms with E-state index in [0.717, 1.165) is 5.56 Å². The molecule has 1 aromatic rings. The smallest absolute Gasteiger partial charge is 0.355 e. The third-order valence-corrected chi connectivity index (χ3v) is 2.97. The Balaban J connectivity index is 2.75. The highest BCUT2D eigenvalue weighted by Gasteiger charge is 2.34. The molecule has 0 aromatic heterocycles. The summed E-state index contributed by atoms with van der Waals surface area (Å²) in [7, 11) is 0. The third-order valence-electron chi connectivity index (χ3n) is 2.97. The van der Waals surface area contributed by atoms with Gasteiger partial charge in [-0.25, -0.2) is 4.79 Å². The van der Waals surface area contributed by atoms with E-state index in [1.165, 1.54) is 0 Å². The summed E-state index contributed by atoms with van der Waals surface area (Å²) < 4.78 is 10.1. The SMILES string of the molecule is CC(C)C(=O)OC(C(=O)OCc1ccccc1)C(=O)C(C)C. The molecule has 0 amide bonds. The second kappa shape index (κ2) is 8.32. The Morgan fingerprint density at radius 1 is 0.909 bits per heavy atom. The average molecular weight is 306 g/mol. The second-order valence-corrected chi connectivity index (χ2v) is 5.62. The van der Waals surface area contributed by atoms with Crippen LogP contribution in [0.1, 0.15) is 33.3 Å². The van der Waals surface area contributed by atoms with Crippen molar-refractivity contribution in [1.82, 2.24) is 0 Å². The molecule has 0 heterocycles. The first-order valence-electron chi connectivity index (χ1n) is 7.27. The van der Waals surface area contributed by atoms with Gasteiger partial charge in [0.25, 0.3) is 6.10 Å². The van der Waals surface area contributed by atoms with Gasteiger partial charge in [-0.05, 0) is 5.56 Å². The maximum absolute atomic E-state index is 12.1. The van der Waals surface area contributed by atoms with Crippen molar-refractivity contribution in [2.24, 2.45) is 11.8 Å². The molecule has 5 heteroatoms. The van der Waals surface area contributed by atoms with Crippen LogP contribution in [0.3, 0.4) is 0 Å². The number of carbonyl (C=O) groups is 3. The van der Waals surface area contributed by atoms with E-state index in [2.05, 4.69) is 0 Å². The van der Waals surface area contributed by atoms with Crippen molar-refractivity contribution in [3.05, 3.63) is 35.9 Å². The van der Waals surface area contributed by atoms with Gasteiger partial charge in [0.2, 0.25) is 0 Å². The van der Waals surface area contributed by atoms with E-state index < -0.39 is 35.7 Å². The number of rotatable bonds is 7. The molecule has 0 radical (unpaired) electrons. The lowest BCUT2D eigenvalue weighted by atomic mass is 10.0. The Kier molecular flexibility index (Phi) is 6.76. The maximum Gasteiger partial charge on any atom is 0.355 e. The lowest BCUT2D eigenvalue weighted by molar-refractivity contribution is -0.174. The zero-order valence-corrected chi connectivity index (χ0v) is 13.4. The molecule has 0 saturated heterocycles. The van der Waals surface area contributed by atoms with Crippen molar-refractivity contribution >= 4 is 17.7 Å². The summed E-state index contributed by atoms with van der Waals surface area (Å²) in [6.07, 6.45) is -1.50. The highest BCUT2D eigenvalue weighted by Crippen LogP contribution is 2.11. The molecule has 1 unspecified atom stereocenters. The molecule has 1 aromatic carbocycles. The molecule has 0 fully saturated rings. The molecule has 0 aliphatic rings. The van der Waals surface area contributed by atoms with Crippen LogP contribution in [0.2, 0.25) is 0 Å². The van der Waals surface area contributed by atoms with E-state index in [4.69, 9.17) is 9.47 Å². The quantitative estimate of drug-likeness (QED) is 0.572. The minimum Gasteiger partial charge on any atom is -0.458 e. The van der Waals surface area contributed by atoms with Crippen LogP contribution in [0.5, 0.6) is 0 Å². The van der Waals surface area contributed by atoms with Crippen LogP contribution in [0.4, 0.5) is 0 Å². The van der Waals surface area contributed by atoms with Crippen LogP contribution in [-0.2, 0) is 30.5 Å². The van der Waals surface area contributed by atoms with Crippen molar-refractivity contribution in [3.63, 3.8) is 0 Å². The summed E-state index contributed by atoms with van der Waals surface area (Å²) in [5.41, 5.74) is 0.793. The molecule has 1 atom stereocenters. The topological polar surface area (TPSA) is 69.7 Å². The zero-order chi connectivity index (χ0) is 16.7. The van der Waals surface area contributed by atoms with Crippen LogP contribution < -0.4 is 0 Å². The van der Waals surface area contributed by atoms with Crippen LogP contribution in [0.25, 0.3) is 0 Å². The van der Waals surface area contributed by atoms with Gasteiger partial charge < -0.3 is 9.47 Å². The highest BCUT2D eigenvalue weighted by atomic mass is 16.6. The fraction of sp³-hybridized carbons (Fsp3) is 0.471. The molecule has 0 spiro atoms. The minimum atomic E-state index is -1.50. The number of carbonyl (C=O) groups excluding carboxylic acids is 3. The Labute approximate surface area is 130 Å². The second-order valence-electron chi connectivity index (χ2n) is 5.62. The molecule has 5 nitrogen and oxygen atoms in total. The Morgan fingerprint density at radius 3 is 2.00 bits per heavy atom. The number of Topliss-reactive ketones (excluding diaryl/α,β-unsaturated/α-hetero) is 1. The summed E-state index contributed by atoms with van der Waals surface area (Å²) in [5.74, 6) is -2.77. The summed E-state index contributed by atoms with van der Waals surface area (Å²) in [6.45, 7) is 6.58. The molecule has 1 rings (SSSR count). The number of hydrogen-bond donors (Lipinski definition) is 0. The molecular weight excluding hydrogens is 284 g/mol. The van der Waals surface area contributed by atoms with Gasteiger partial charge in [-0.2, -0.15) is 0 Å². The van der Waals surface area contributed by atoms with E-state index in [-0.39, 0.29) is 6.61 Å². The molecule has 0 bridgehead atoms. The number of esters is 2. The van der Waals surface area contributed by atoms with E-state index in [0.29, 0.717) is 0 Å². The Morgan fingerprint density at radius 2 is 1.50 bits per heavy atom. The van der Waals surface area contributed by atoms with Crippen LogP contribution in [0.15, 0.2) is 30.3 Å². The number of ketones is 1. The van der Waals surface area contributed by atoms with Gasteiger partial charge in [-0.15, -0.1) is 0 Å². The normalized spacial score (nSPS) is 12.1. The highest BCUT2D eigenvalue weighted by molar-refractivity contribution is 6.04. The molecule has 0 saturated carbocycles. The van der Waals surface area contributed by atoms with E-state index in [9.17, 15) is 14.4 Å². The van der Waals surface area contributed by atoms with Gasteiger partial charge in [-0.1, -0.05) is 58.0 Å². The summed E-state index contributed by atoms with van der Waals surface area (Å²) in [6, 6.07) is 9.08. The van der Waals surface area contributed by atoms with Gasteiger partial charge >= 0.3 is 11.9 Å². The van der Waals surface area contributed by atoms with E-state index >= 15 is 0 Å². The lowest BCUT2D eigenvalue weighted by Gasteiger charge is -2.18. The van der Waals surface area contributed by atoms with Crippen molar-refractivity contribution in [3.8, 4) is 0 Å². The fourth-order valence-corrected chi connectivity index (χ4v) is 1.58. The molecule has 0 N–H and O–H groups in total. The van der Waals surface area contributed by atoms with E-state index in [1.807, 2.05) is 18.2 Å². The first kappa shape index (κ1) is 17.9. The first-order chi connectivity index (χ1) is 10.3. The Hall–Kier alpha value is -2.17. The predicted octanol–water partition coefficient (Wildman–Crippen LogP) is 2.52. The van der Waals surface area contributed by atoms with Gasteiger partial charge in [0.15, 0.2) is 5.78 Å². The molecule has 0 aliphatic carbocycles. The summed E-state index contributed by atoms with van der Waals surface area (Å²) in [4.78, 5) is 35.9. The molecule has 0 aliphatic heterocycles. The lowest BCUT2D eigenvalue weighted by Crippen LogP contribution is -2.39. The summed E-state index contributed by atoms with van der Waals surface area (Å²) in [5, 5.41) is 0. The van der Waals surface area contributed by atoms with Gasteiger partial charge in [0, 0.05) is 5.92 Å². The van der Waals surface area contributed by atoms with Gasteiger partial charge in [0.1, 0.15) is 6.61 Å². The maximum atomic E-state index is 12.1. The summed E-state index contributed by atoms with van der Waals surface area (Å²) >= 11 is 0. The van der Waals surface area contributed by atoms with E-state index in [1.54, 1.807) is 39.8 Å². The molecule has 120 valence electrons. The number of hydrogen-bond acceptors (Lipinski definition) is 5. The third kappa shape index (κ3) is 5.31. The zero-order valence-electron chi connectivity index (χ0n) is 13.4. The fourth-order valence-electron chi connectivity index (χ4n) is 1.58. The standard InChI is InChI=1S/C17H22O5/c1-11(2)14(18)15(22-16(19)12(3)4)17(20)21-10-13-8-6-5-7-9-13/h5-9,11-12,15H,10H2,1-4H3. The number of ether oxygens (including phenoxy) is 2. The van der Waals surface area contributed by atoms with Crippen molar-refractivity contribution in [2.75, 3.05) is 0 Å². The van der Waals surface area contributed by atoms with Crippen molar-refractivity contribution in [2.45, 2.75) is 40.4 Å². The van der Waals surface area contributed by atoms with Crippen LogP contribution in [0, 0.1) is 11.8 Å². The van der Waals surface area contributed by atoms with Gasteiger partial charge in [0.05, 0.1) is 5.92 Å². The van der Waals surface area contributed by atoms with Crippen LogP contribution in [-0.4, -0.2) is 23.8 Å². The predicted molar refractivity (Wildman–Crippen MR) is 80.8 cm³/mol. The van der Waals surface area contributed by atoms with Gasteiger partial charge in [-0.3, -0.25) is 9.59 Å². The Bertz CT molecular complexity index is 519. The van der Waals surface area contributed by atoms with Crippen molar-refractivity contribution < 1.29 is 23.9 Å². The molecule has 22 heavy (non-hydrogen) atoms. The monoisotopic (exact) mass is 306 g/mol. The number of benzene rings is 1. The minimum absolute atomic E-state index is 0.0285. The largest absolute Gasteiger partial charge is 0.458 e. The molecular formula is C17H22O5. The van der Waals surface area contributed by atoms with Crippen LogP contribution >= 0.6 is 0 Å².